The third-order valence-electron chi connectivity index (χ3n) is 6.98. The van der Waals surface area contributed by atoms with Crippen molar-refractivity contribution in [2.75, 3.05) is 0 Å². The van der Waals surface area contributed by atoms with Crippen molar-refractivity contribution in [1.82, 2.24) is 4.98 Å². The molecule has 0 fully saturated rings. The standard InChI is InChI=1S/C28H29NO4/c30-25(18-13-14-23-22-10-6-12-26(22)33-27(23)16-18)15-19(28(31)32)7-2-1-3-8-20-17-29-24-11-5-4-9-21(20)24/h4-5,9,11,13-14,16-17,19,29H,1-3,6-8,10,12,15H2,(H,31,32). The highest BCUT2D eigenvalue weighted by Crippen LogP contribution is 2.33. The molecule has 0 amide bonds. The summed E-state index contributed by atoms with van der Waals surface area (Å²) in [5.41, 5.74) is 5.00. The highest BCUT2D eigenvalue weighted by molar-refractivity contribution is 6.01. The van der Waals surface area contributed by atoms with Crippen LogP contribution in [0.3, 0.4) is 0 Å². The number of aromatic amines is 1. The number of carboxylic acids is 1. The third kappa shape index (κ3) is 4.45. The average Bonchev–Trinajstić information content (AvgIpc) is 3.52. The van der Waals surface area contributed by atoms with E-state index in [-0.39, 0.29) is 12.2 Å². The number of carbonyl (C=O) groups excluding carboxylic acids is 1. The average molecular weight is 444 g/mol. The van der Waals surface area contributed by atoms with Gasteiger partial charge in [-0.2, -0.15) is 0 Å². The molecule has 2 aromatic carbocycles. The van der Waals surface area contributed by atoms with Crippen molar-refractivity contribution < 1.29 is 19.1 Å². The van der Waals surface area contributed by atoms with Gasteiger partial charge in [-0.3, -0.25) is 9.59 Å². The largest absolute Gasteiger partial charge is 0.481 e. The van der Waals surface area contributed by atoms with E-state index >= 15 is 0 Å². The quantitative estimate of drug-likeness (QED) is 0.217. The van der Waals surface area contributed by atoms with E-state index in [1.807, 2.05) is 24.3 Å². The number of Topliss-reactive ketones (excluding diaryl/α,β-unsaturated/α-hetero) is 1. The lowest BCUT2D eigenvalue weighted by molar-refractivity contribution is -0.141. The number of hydrogen-bond donors (Lipinski definition) is 2. The topological polar surface area (TPSA) is 83.3 Å². The van der Waals surface area contributed by atoms with Gasteiger partial charge < -0.3 is 14.5 Å². The number of para-hydroxylation sites is 1. The van der Waals surface area contributed by atoms with Crippen LogP contribution in [0.4, 0.5) is 0 Å². The van der Waals surface area contributed by atoms with Gasteiger partial charge in [0.2, 0.25) is 0 Å². The molecule has 0 spiro atoms. The van der Waals surface area contributed by atoms with Crippen LogP contribution < -0.4 is 0 Å². The molecule has 1 unspecified atom stereocenters. The number of H-pyrrole nitrogens is 1. The zero-order valence-corrected chi connectivity index (χ0v) is 18.7. The second kappa shape index (κ2) is 9.26. The van der Waals surface area contributed by atoms with Crippen LogP contribution in [0.15, 0.2) is 53.1 Å². The molecule has 0 bridgehead atoms. The van der Waals surface area contributed by atoms with E-state index in [0.717, 1.165) is 67.2 Å². The predicted octanol–water partition coefficient (Wildman–Crippen LogP) is 6.48. The minimum atomic E-state index is -0.891. The molecule has 2 heterocycles. The van der Waals surface area contributed by atoms with Gasteiger partial charge in [-0.25, -0.2) is 0 Å². The molecule has 5 rings (SSSR count). The van der Waals surface area contributed by atoms with Crippen LogP contribution in [0.25, 0.3) is 21.9 Å². The number of carboxylic acid groups (broad SMARTS) is 1. The van der Waals surface area contributed by atoms with Gasteiger partial charge in [-0.1, -0.05) is 43.2 Å². The summed E-state index contributed by atoms with van der Waals surface area (Å²) in [6.45, 7) is 0. The minimum Gasteiger partial charge on any atom is -0.481 e. The van der Waals surface area contributed by atoms with Crippen molar-refractivity contribution in [3.05, 3.63) is 71.1 Å². The summed E-state index contributed by atoms with van der Waals surface area (Å²) < 4.78 is 5.93. The summed E-state index contributed by atoms with van der Waals surface area (Å²) in [6.07, 6.45) is 9.43. The number of aromatic nitrogens is 1. The lowest BCUT2D eigenvalue weighted by atomic mass is 9.92. The monoisotopic (exact) mass is 443 g/mol. The maximum atomic E-state index is 12.8. The Labute approximate surface area is 192 Å². The fourth-order valence-electron chi connectivity index (χ4n) is 5.15. The molecule has 0 radical (unpaired) electrons. The van der Waals surface area contributed by atoms with Crippen molar-refractivity contribution in [3.8, 4) is 0 Å². The molecule has 1 atom stereocenters. The van der Waals surface area contributed by atoms with Crippen LogP contribution in [0.2, 0.25) is 0 Å². The Morgan fingerprint density at radius 2 is 1.91 bits per heavy atom. The third-order valence-corrected chi connectivity index (χ3v) is 6.98. The van der Waals surface area contributed by atoms with E-state index in [2.05, 4.69) is 23.3 Å². The van der Waals surface area contributed by atoms with Gasteiger partial charge >= 0.3 is 5.97 Å². The summed E-state index contributed by atoms with van der Waals surface area (Å²) in [6, 6.07) is 13.8. The van der Waals surface area contributed by atoms with Crippen LogP contribution in [-0.2, 0) is 24.1 Å². The molecule has 0 saturated heterocycles. The van der Waals surface area contributed by atoms with Gasteiger partial charge in [-0.15, -0.1) is 0 Å². The Kier molecular flexibility index (Phi) is 6.03. The molecule has 1 aliphatic carbocycles. The van der Waals surface area contributed by atoms with Crippen LogP contribution >= 0.6 is 0 Å². The zero-order valence-electron chi connectivity index (χ0n) is 18.7. The first-order chi connectivity index (χ1) is 16.1. The molecule has 33 heavy (non-hydrogen) atoms. The van der Waals surface area contributed by atoms with E-state index in [4.69, 9.17) is 4.42 Å². The van der Waals surface area contributed by atoms with Crippen molar-refractivity contribution in [3.63, 3.8) is 0 Å². The number of aryl methyl sites for hydroxylation is 3. The highest BCUT2D eigenvalue weighted by Gasteiger charge is 2.24. The second-order valence-electron chi connectivity index (χ2n) is 9.19. The van der Waals surface area contributed by atoms with Crippen molar-refractivity contribution in [2.45, 2.75) is 57.8 Å². The SMILES string of the molecule is O=C(CC(CCCCCc1c[nH]c2ccccc12)C(=O)O)c1ccc2c3c(oc2c1)CCC3. The molecule has 4 aromatic rings. The number of fused-ring (bicyclic) bond motifs is 4. The van der Waals surface area contributed by atoms with Gasteiger partial charge in [0, 0.05) is 46.5 Å². The fraction of sp³-hybridized carbons (Fsp3) is 0.357. The molecule has 0 aliphatic heterocycles. The molecular formula is C28H29NO4. The van der Waals surface area contributed by atoms with E-state index in [9.17, 15) is 14.7 Å². The van der Waals surface area contributed by atoms with Crippen LogP contribution in [0, 0.1) is 5.92 Å². The fourth-order valence-corrected chi connectivity index (χ4v) is 5.15. The summed E-state index contributed by atoms with van der Waals surface area (Å²) in [4.78, 5) is 27.9. The van der Waals surface area contributed by atoms with Gasteiger partial charge in [0.15, 0.2) is 5.78 Å². The minimum absolute atomic E-state index is 0.0315. The van der Waals surface area contributed by atoms with Gasteiger partial charge in [0.1, 0.15) is 11.3 Å². The maximum Gasteiger partial charge on any atom is 0.306 e. The van der Waals surface area contributed by atoms with Crippen molar-refractivity contribution >= 4 is 33.6 Å². The second-order valence-corrected chi connectivity index (χ2v) is 9.19. The predicted molar refractivity (Wildman–Crippen MR) is 129 cm³/mol. The molecule has 2 aromatic heterocycles. The van der Waals surface area contributed by atoms with Gasteiger partial charge in [0.25, 0.3) is 0 Å². The number of ketones is 1. The van der Waals surface area contributed by atoms with E-state index in [1.165, 1.54) is 16.5 Å². The Morgan fingerprint density at radius 1 is 1.03 bits per heavy atom. The zero-order chi connectivity index (χ0) is 22.8. The normalized spacial score (nSPS) is 14.1. The Morgan fingerprint density at radius 3 is 2.79 bits per heavy atom. The summed E-state index contributed by atoms with van der Waals surface area (Å²) >= 11 is 0. The first kappa shape index (κ1) is 21.5. The van der Waals surface area contributed by atoms with Crippen molar-refractivity contribution in [2.24, 2.45) is 5.92 Å². The first-order valence-electron chi connectivity index (χ1n) is 12.0. The molecule has 5 nitrogen and oxygen atoms in total. The number of furan rings is 1. The van der Waals surface area contributed by atoms with E-state index in [1.54, 1.807) is 6.07 Å². The van der Waals surface area contributed by atoms with Crippen LogP contribution in [-0.4, -0.2) is 21.8 Å². The Bertz CT molecular complexity index is 1310. The molecule has 1 aliphatic rings. The van der Waals surface area contributed by atoms with E-state index < -0.39 is 11.9 Å². The Balaban J connectivity index is 1.14. The molecule has 2 N–H and O–H groups in total. The van der Waals surface area contributed by atoms with Crippen molar-refractivity contribution in [1.29, 1.82) is 0 Å². The maximum absolute atomic E-state index is 12.8. The summed E-state index contributed by atoms with van der Waals surface area (Å²) in [5, 5.41) is 12.0. The molecule has 170 valence electrons. The van der Waals surface area contributed by atoms with Gasteiger partial charge in [-0.05, 0) is 49.8 Å². The number of nitrogens with one attached hydrogen (secondary N) is 1. The highest BCUT2D eigenvalue weighted by atomic mass is 16.4. The van der Waals surface area contributed by atoms with Crippen LogP contribution in [0.5, 0.6) is 0 Å². The molecule has 5 heteroatoms. The van der Waals surface area contributed by atoms with Crippen LogP contribution in [0.1, 0.15) is 65.8 Å². The number of unbranched alkanes of at least 4 members (excludes halogenated alkanes) is 2. The molecule has 0 saturated carbocycles. The number of benzene rings is 2. The van der Waals surface area contributed by atoms with E-state index in [0.29, 0.717) is 12.0 Å². The summed E-state index contributed by atoms with van der Waals surface area (Å²) in [5.74, 6) is -0.633. The molecular weight excluding hydrogens is 414 g/mol. The number of aliphatic carboxylic acids is 1. The Hall–Kier alpha value is -3.34. The number of carbonyl (C=O) groups is 2. The van der Waals surface area contributed by atoms with Gasteiger partial charge in [0.05, 0.1) is 5.92 Å². The lowest BCUT2D eigenvalue weighted by Gasteiger charge is -2.11. The summed E-state index contributed by atoms with van der Waals surface area (Å²) in [7, 11) is 0. The lowest BCUT2D eigenvalue weighted by Crippen LogP contribution is -2.18. The first-order valence-corrected chi connectivity index (χ1v) is 12.0. The number of hydrogen-bond acceptors (Lipinski definition) is 3. The smallest absolute Gasteiger partial charge is 0.306 e. The number of rotatable bonds is 10.